The molecule has 0 heterocycles. The topological polar surface area (TPSA) is 124 Å². The molecule has 2 N–H and O–H groups in total. The molecule has 0 saturated heterocycles. The van der Waals surface area contributed by atoms with Crippen LogP contribution in [0, 0.1) is 6.92 Å². The Morgan fingerprint density at radius 2 is 1.77 bits per heavy atom. The molecule has 0 amide bonds. The third kappa shape index (κ3) is 4.42. The Bertz CT molecular complexity index is 909. The van der Waals surface area contributed by atoms with Crippen molar-refractivity contribution in [3.63, 3.8) is 0 Å². The quantitative estimate of drug-likeness (QED) is 0.468. The van der Waals surface area contributed by atoms with Crippen molar-refractivity contribution in [1.29, 1.82) is 0 Å². The molecule has 22 heavy (non-hydrogen) atoms. The standard InChI is InChI=1S/C12H13NO6S2.Na/c1-8-11-4-3-10(6-9(11)2-5-12(8)14)21(18,19)13-7-20(15,16)17;/h2-6,13-14H,7H2,1H3,(H,15,16,17);/q;+1/p-1. The second-order valence-electron chi connectivity index (χ2n) is 4.44. The Morgan fingerprint density at radius 1 is 1.14 bits per heavy atom. The summed E-state index contributed by atoms with van der Waals surface area (Å²) in [5.41, 5.74) is 0.603. The molecular formula is C12H12NNaO6S2. The van der Waals surface area contributed by atoms with Crippen molar-refractivity contribution in [3.05, 3.63) is 35.9 Å². The van der Waals surface area contributed by atoms with E-state index in [-0.39, 0.29) is 40.2 Å². The molecule has 0 aliphatic heterocycles. The van der Waals surface area contributed by atoms with E-state index in [4.69, 9.17) is 0 Å². The van der Waals surface area contributed by atoms with Gasteiger partial charge >= 0.3 is 29.6 Å². The Balaban J connectivity index is 0.00000242. The van der Waals surface area contributed by atoms with Crippen LogP contribution in [0.3, 0.4) is 0 Å². The van der Waals surface area contributed by atoms with Crippen molar-refractivity contribution in [2.75, 3.05) is 5.88 Å². The van der Waals surface area contributed by atoms with Crippen molar-refractivity contribution in [2.24, 2.45) is 0 Å². The Morgan fingerprint density at radius 3 is 2.36 bits per heavy atom. The summed E-state index contributed by atoms with van der Waals surface area (Å²) in [5, 5.41) is 10.8. The van der Waals surface area contributed by atoms with Gasteiger partial charge in [-0.15, -0.1) is 0 Å². The Kier molecular flexibility index (Phi) is 6.01. The van der Waals surface area contributed by atoms with E-state index in [1.807, 2.05) is 0 Å². The van der Waals surface area contributed by atoms with Crippen molar-refractivity contribution in [2.45, 2.75) is 11.8 Å². The largest absolute Gasteiger partial charge is 1.00 e. The summed E-state index contributed by atoms with van der Waals surface area (Å²) in [5.74, 6) is -1.12. The minimum Gasteiger partial charge on any atom is -0.747 e. The molecular weight excluding hydrogens is 341 g/mol. The first-order valence-corrected chi connectivity index (χ1v) is 8.82. The van der Waals surface area contributed by atoms with Gasteiger partial charge in [-0.2, -0.15) is 4.72 Å². The minimum atomic E-state index is -4.69. The Hall–Kier alpha value is -0.680. The predicted octanol–water partition coefficient (Wildman–Crippen LogP) is -2.36. The van der Waals surface area contributed by atoms with Crippen LogP contribution in [0.2, 0.25) is 0 Å². The van der Waals surface area contributed by atoms with Gasteiger partial charge in [-0.1, -0.05) is 12.1 Å². The number of hydrogen-bond donors (Lipinski definition) is 2. The maximum absolute atomic E-state index is 11.9. The van der Waals surface area contributed by atoms with E-state index in [0.717, 1.165) is 0 Å². The molecule has 0 aliphatic rings. The van der Waals surface area contributed by atoms with Crippen LogP contribution in [-0.2, 0) is 20.1 Å². The summed E-state index contributed by atoms with van der Waals surface area (Å²) in [7, 11) is -8.79. The summed E-state index contributed by atoms with van der Waals surface area (Å²) in [4.78, 5) is -0.163. The van der Waals surface area contributed by atoms with Crippen LogP contribution >= 0.6 is 0 Å². The fourth-order valence-corrected chi connectivity index (χ4v) is 3.75. The van der Waals surface area contributed by atoms with Crippen LogP contribution in [0.15, 0.2) is 35.2 Å². The van der Waals surface area contributed by atoms with Crippen LogP contribution in [0.5, 0.6) is 5.75 Å². The average molecular weight is 353 g/mol. The first kappa shape index (κ1) is 19.4. The van der Waals surface area contributed by atoms with E-state index in [1.165, 1.54) is 24.3 Å². The Labute approximate surface area is 150 Å². The molecule has 2 rings (SSSR count). The summed E-state index contributed by atoms with van der Waals surface area (Å²) < 4.78 is 57.0. The van der Waals surface area contributed by atoms with Gasteiger partial charge in [-0.25, -0.2) is 16.8 Å². The van der Waals surface area contributed by atoms with E-state index < -0.39 is 26.0 Å². The van der Waals surface area contributed by atoms with Crippen molar-refractivity contribution in [3.8, 4) is 5.75 Å². The summed E-state index contributed by atoms with van der Waals surface area (Å²) in [6.45, 7) is 1.69. The van der Waals surface area contributed by atoms with Gasteiger partial charge in [0.15, 0.2) is 0 Å². The third-order valence-electron chi connectivity index (χ3n) is 2.97. The fourth-order valence-electron chi connectivity index (χ4n) is 1.85. The van der Waals surface area contributed by atoms with Gasteiger partial charge in [0.2, 0.25) is 10.0 Å². The number of sulfonamides is 1. The number of benzene rings is 2. The molecule has 10 heteroatoms. The number of fused-ring (bicyclic) bond motifs is 1. The third-order valence-corrected chi connectivity index (χ3v) is 5.05. The van der Waals surface area contributed by atoms with E-state index >= 15 is 0 Å². The van der Waals surface area contributed by atoms with Gasteiger partial charge in [0.25, 0.3) is 0 Å². The summed E-state index contributed by atoms with van der Waals surface area (Å²) in [6.07, 6.45) is 0. The maximum Gasteiger partial charge on any atom is 1.00 e. The van der Waals surface area contributed by atoms with Crippen molar-refractivity contribution >= 4 is 30.9 Å². The van der Waals surface area contributed by atoms with Crippen molar-refractivity contribution < 1.29 is 56.1 Å². The number of aryl methyl sites for hydroxylation is 1. The monoisotopic (exact) mass is 353 g/mol. The van der Waals surface area contributed by atoms with E-state index in [9.17, 15) is 26.5 Å². The molecule has 0 radical (unpaired) electrons. The zero-order chi connectivity index (χ0) is 15.8. The minimum absolute atomic E-state index is 0. The fraction of sp³-hybridized carbons (Fsp3) is 0.167. The second kappa shape index (κ2) is 6.83. The van der Waals surface area contributed by atoms with E-state index in [2.05, 4.69) is 0 Å². The van der Waals surface area contributed by atoms with Crippen LogP contribution in [-0.4, -0.2) is 32.4 Å². The average Bonchev–Trinajstić information content (AvgIpc) is 2.40. The molecule has 2 aromatic carbocycles. The predicted molar refractivity (Wildman–Crippen MR) is 75.2 cm³/mol. The molecule has 0 unspecified atom stereocenters. The van der Waals surface area contributed by atoms with Crippen LogP contribution < -0.4 is 34.3 Å². The van der Waals surface area contributed by atoms with Gasteiger partial charge in [0, 0.05) is 0 Å². The SMILES string of the molecule is Cc1c(O)ccc2cc(S(=O)(=O)NCS(=O)(=O)[O-])ccc12.[Na+]. The van der Waals surface area contributed by atoms with Gasteiger partial charge in [0.1, 0.15) is 21.7 Å². The molecule has 0 aromatic heterocycles. The molecule has 0 bridgehead atoms. The molecule has 2 aromatic rings. The van der Waals surface area contributed by atoms with Gasteiger partial charge in [-0.05, 0) is 41.5 Å². The zero-order valence-corrected chi connectivity index (χ0v) is 15.5. The number of aromatic hydroxyl groups is 1. The zero-order valence-electron chi connectivity index (χ0n) is 11.9. The number of hydrogen-bond acceptors (Lipinski definition) is 6. The van der Waals surface area contributed by atoms with Gasteiger partial charge in [-0.3, -0.25) is 0 Å². The second-order valence-corrected chi connectivity index (χ2v) is 7.61. The van der Waals surface area contributed by atoms with E-state index in [0.29, 0.717) is 16.3 Å². The first-order valence-electron chi connectivity index (χ1n) is 5.76. The molecule has 0 atom stereocenters. The summed E-state index contributed by atoms with van der Waals surface area (Å²) in [6, 6.07) is 7.09. The number of phenolic OH excluding ortho intramolecular Hbond substituents is 1. The first-order chi connectivity index (χ1) is 9.60. The maximum atomic E-state index is 11.9. The van der Waals surface area contributed by atoms with Crippen LogP contribution in [0.1, 0.15) is 5.56 Å². The van der Waals surface area contributed by atoms with Crippen molar-refractivity contribution in [1.82, 2.24) is 4.72 Å². The van der Waals surface area contributed by atoms with Gasteiger partial charge in [0.05, 0.1) is 4.90 Å². The molecule has 0 spiro atoms. The smallest absolute Gasteiger partial charge is 0.747 e. The summed E-state index contributed by atoms with van der Waals surface area (Å²) >= 11 is 0. The molecule has 7 nitrogen and oxygen atoms in total. The van der Waals surface area contributed by atoms with E-state index in [1.54, 1.807) is 17.7 Å². The van der Waals surface area contributed by atoms with Crippen LogP contribution in [0.4, 0.5) is 0 Å². The van der Waals surface area contributed by atoms with Crippen LogP contribution in [0.25, 0.3) is 10.8 Å². The molecule has 0 aliphatic carbocycles. The molecule has 0 fully saturated rings. The molecule has 114 valence electrons. The number of nitrogens with one attached hydrogen (secondary N) is 1. The number of phenols is 1. The normalized spacial score (nSPS) is 12.1. The molecule has 0 saturated carbocycles. The van der Waals surface area contributed by atoms with Gasteiger partial charge < -0.3 is 9.66 Å². The number of rotatable bonds is 4.